The van der Waals surface area contributed by atoms with E-state index in [-0.39, 0.29) is 28.9 Å². The summed E-state index contributed by atoms with van der Waals surface area (Å²) in [5.74, 6) is -0.873. The van der Waals surface area contributed by atoms with Crippen LogP contribution in [-0.2, 0) is 19.1 Å². The highest BCUT2D eigenvalue weighted by Gasteiger charge is 2.44. The van der Waals surface area contributed by atoms with Crippen LogP contribution in [0.1, 0.15) is 110 Å². The molecule has 0 saturated carbocycles. The minimum absolute atomic E-state index is 0.0215. The molecule has 1 amide bonds. The van der Waals surface area contributed by atoms with E-state index >= 15 is 0 Å². The number of ether oxygens (including phenoxy) is 2. The number of allylic oxidation sites excluding steroid dienone is 1. The zero-order chi connectivity index (χ0) is 30.4. The van der Waals surface area contributed by atoms with Crippen molar-refractivity contribution in [3.05, 3.63) is 11.3 Å². The molecule has 2 fully saturated rings. The first-order chi connectivity index (χ1) is 19.6. The van der Waals surface area contributed by atoms with Gasteiger partial charge in [0.05, 0.1) is 12.6 Å². The molecule has 10 heteroatoms. The van der Waals surface area contributed by atoms with Crippen LogP contribution in [0.25, 0.3) is 0 Å². The van der Waals surface area contributed by atoms with Crippen molar-refractivity contribution in [1.82, 2.24) is 4.90 Å². The van der Waals surface area contributed by atoms with Crippen LogP contribution in [-0.4, -0.2) is 99.1 Å². The van der Waals surface area contributed by atoms with Crippen molar-refractivity contribution in [2.75, 3.05) is 20.3 Å². The standard InChI is InChI=1S/C31H55NO9/c1-21(25(34)24-26(35)22(2)32(3)30(24)38)18-16-14-12-10-8-6-4-5-7-9-11-13-15-17-19-40-29-28(37)27(36)23(20-33)41-31(29)39/h21-23,27-29,31,33-34,36-37,39H,4-20H2,1-3H3/b25-24+/t21?,22?,23-,27-,28+,29+,31?/m1/s1. The van der Waals surface area contributed by atoms with Crippen LogP contribution in [0.4, 0.5) is 0 Å². The van der Waals surface area contributed by atoms with Crippen molar-refractivity contribution in [3.8, 4) is 0 Å². The minimum atomic E-state index is -1.37. The predicted octanol–water partition coefficient (Wildman–Crippen LogP) is 3.53. The van der Waals surface area contributed by atoms with Crippen LogP contribution >= 0.6 is 0 Å². The molecule has 0 aromatic heterocycles. The quantitative estimate of drug-likeness (QED) is 0.0624. The largest absolute Gasteiger partial charge is 0.511 e. The highest BCUT2D eigenvalue weighted by Crippen LogP contribution is 2.27. The Hall–Kier alpha value is -1.56. The molecule has 2 rings (SSSR count). The average Bonchev–Trinajstić information content (AvgIpc) is 3.15. The number of unbranched alkanes of at least 4 members (excludes halogenated alkanes) is 13. The van der Waals surface area contributed by atoms with Gasteiger partial charge in [-0.15, -0.1) is 0 Å². The molecule has 7 atom stereocenters. The van der Waals surface area contributed by atoms with E-state index in [1.165, 1.54) is 62.7 Å². The number of aliphatic hydroxyl groups is 5. The summed E-state index contributed by atoms with van der Waals surface area (Å²) >= 11 is 0. The number of nitrogens with zero attached hydrogens (tertiary/aromatic N) is 1. The number of likely N-dealkylation sites (tertiary alicyclic amines) is 1. The number of rotatable bonds is 20. The van der Waals surface area contributed by atoms with Gasteiger partial charge in [0, 0.05) is 19.6 Å². The number of Topliss-reactive ketones (excluding diaryl/α,β-unsaturated/α-hetero) is 1. The first-order valence-corrected chi connectivity index (χ1v) is 15.8. The third-order valence-corrected chi connectivity index (χ3v) is 8.65. The lowest BCUT2D eigenvalue weighted by atomic mass is 9.95. The van der Waals surface area contributed by atoms with Crippen LogP contribution < -0.4 is 0 Å². The fourth-order valence-corrected chi connectivity index (χ4v) is 5.61. The van der Waals surface area contributed by atoms with Crippen LogP contribution in [0.3, 0.4) is 0 Å². The number of hydrogen-bond donors (Lipinski definition) is 5. The van der Waals surface area contributed by atoms with E-state index in [2.05, 4.69) is 0 Å². The van der Waals surface area contributed by atoms with Crippen LogP contribution in [0.2, 0.25) is 0 Å². The van der Waals surface area contributed by atoms with Crippen molar-refractivity contribution >= 4 is 11.7 Å². The van der Waals surface area contributed by atoms with Gasteiger partial charge in [0.1, 0.15) is 35.7 Å². The Balaban J connectivity index is 1.38. The first kappa shape index (κ1) is 35.6. The maximum absolute atomic E-state index is 12.3. The highest BCUT2D eigenvalue weighted by atomic mass is 16.7. The van der Waals surface area contributed by atoms with Crippen molar-refractivity contribution in [2.45, 2.75) is 147 Å². The lowest BCUT2D eigenvalue weighted by Crippen LogP contribution is -2.59. The third kappa shape index (κ3) is 10.9. The molecule has 2 aliphatic heterocycles. The molecule has 2 heterocycles. The molecule has 3 unspecified atom stereocenters. The number of hydrogen-bond acceptors (Lipinski definition) is 9. The average molecular weight is 586 g/mol. The molecular formula is C31H55NO9. The van der Waals surface area contributed by atoms with Crippen molar-refractivity contribution < 1.29 is 44.6 Å². The second-order valence-electron chi connectivity index (χ2n) is 11.9. The summed E-state index contributed by atoms with van der Waals surface area (Å²) in [5.41, 5.74) is -0.0215. The number of likely N-dealkylation sites (N-methyl/N-ethyl adjacent to an activating group) is 1. The summed E-state index contributed by atoms with van der Waals surface area (Å²) in [6.45, 7) is 3.46. The molecule has 0 spiro atoms. The van der Waals surface area contributed by atoms with Crippen LogP contribution in [0, 0.1) is 5.92 Å². The third-order valence-electron chi connectivity index (χ3n) is 8.65. The Kier molecular flexibility index (Phi) is 16.4. The molecule has 238 valence electrons. The molecular weight excluding hydrogens is 530 g/mol. The number of ketones is 1. The van der Waals surface area contributed by atoms with Gasteiger partial charge in [-0.3, -0.25) is 9.59 Å². The molecule has 41 heavy (non-hydrogen) atoms. The van der Waals surface area contributed by atoms with E-state index in [0.717, 1.165) is 38.5 Å². The fourth-order valence-electron chi connectivity index (χ4n) is 5.61. The Labute approximate surface area is 245 Å². The van der Waals surface area contributed by atoms with Crippen LogP contribution in [0.15, 0.2) is 11.3 Å². The monoisotopic (exact) mass is 585 g/mol. The lowest BCUT2D eigenvalue weighted by molar-refractivity contribution is -0.296. The van der Waals surface area contributed by atoms with E-state index in [0.29, 0.717) is 6.61 Å². The second kappa shape index (κ2) is 18.9. The maximum Gasteiger partial charge on any atom is 0.261 e. The highest BCUT2D eigenvalue weighted by molar-refractivity contribution is 6.26. The summed E-state index contributed by atoms with van der Waals surface area (Å²) < 4.78 is 10.6. The Morgan fingerprint density at radius 1 is 0.854 bits per heavy atom. The van der Waals surface area contributed by atoms with E-state index in [1.54, 1.807) is 14.0 Å². The zero-order valence-electron chi connectivity index (χ0n) is 25.4. The Bertz CT molecular complexity index is 797. The number of carbonyl (C=O) groups excluding carboxylic acids is 2. The molecule has 2 saturated heterocycles. The van der Waals surface area contributed by atoms with E-state index in [1.807, 2.05) is 6.92 Å². The molecule has 5 N–H and O–H groups in total. The van der Waals surface area contributed by atoms with Gasteiger partial charge in [-0.25, -0.2) is 0 Å². The number of aliphatic hydroxyl groups excluding tert-OH is 5. The summed E-state index contributed by atoms with van der Waals surface area (Å²) in [5, 5.41) is 49.5. The van der Waals surface area contributed by atoms with Crippen molar-refractivity contribution in [2.24, 2.45) is 5.92 Å². The van der Waals surface area contributed by atoms with E-state index in [4.69, 9.17) is 14.6 Å². The van der Waals surface area contributed by atoms with Gasteiger partial charge in [0.2, 0.25) is 0 Å². The zero-order valence-corrected chi connectivity index (χ0v) is 25.4. The number of amides is 1. The predicted molar refractivity (Wildman–Crippen MR) is 155 cm³/mol. The van der Waals surface area contributed by atoms with E-state index < -0.39 is 43.4 Å². The normalized spacial score (nSPS) is 28.9. The van der Waals surface area contributed by atoms with Gasteiger partial charge in [0.15, 0.2) is 12.1 Å². The summed E-state index contributed by atoms with van der Waals surface area (Å²) in [6.07, 6.45) is 10.8. The molecule has 2 aliphatic rings. The smallest absolute Gasteiger partial charge is 0.261 e. The van der Waals surface area contributed by atoms with Gasteiger partial charge in [-0.2, -0.15) is 0 Å². The molecule has 0 aromatic rings. The second-order valence-corrected chi connectivity index (χ2v) is 11.9. The van der Waals surface area contributed by atoms with Crippen molar-refractivity contribution in [3.63, 3.8) is 0 Å². The first-order valence-electron chi connectivity index (χ1n) is 15.8. The SMILES string of the molecule is CC(CCCCCCCCCCCCCCCCO[C@@H]1C(O)O[C@H](CO)[C@@H](O)[C@@H]1O)/C(O)=C1/C(=O)C(C)N(C)C1=O. The van der Waals surface area contributed by atoms with Gasteiger partial charge < -0.3 is 39.9 Å². The van der Waals surface area contributed by atoms with Gasteiger partial charge >= 0.3 is 0 Å². The maximum atomic E-state index is 12.3. The van der Waals surface area contributed by atoms with Crippen LogP contribution in [0.5, 0.6) is 0 Å². The molecule has 0 aliphatic carbocycles. The molecule has 0 aromatic carbocycles. The van der Waals surface area contributed by atoms with Crippen molar-refractivity contribution in [1.29, 1.82) is 0 Å². The Morgan fingerprint density at radius 3 is 1.80 bits per heavy atom. The number of carbonyl (C=O) groups is 2. The van der Waals surface area contributed by atoms with Gasteiger partial charge in [0.25, 0.3) is 5.91 Å². The van der Waals surface area contributed by atoms with E-state index in [9.17, 15) is 30.0 Å². The molecule has 0 bridgehead atoms. The lowest BCUT2D eigenvalue weighted by Gasteiger charge is -2.39. The van der Waals surface area contributed by atoms with Gasteiger partial charge in [-0.1, -0.05) is 90.4 Å². The van der Waals surface area contributed by atoms with Gasteiger partial charge in [-0.05, 0) is 19.8 Å². The fraction of sp³-hybridized carbons (Fsp3) is 0.871. The topological polar surface area (TPSA) is 157 Å². The summed E-state index contributed by atoms with van der Waals surface area (Å²) in [4.78, 5) is 25.9. The minimum Gasteiger partial charge on any atom is -0.511 e. The molecule has 10 nitrogen and oxygen atoms in total. The summed E-state index contributed by atoms with van der Waals surface area (Å²) in [7, 11) is 1.59. The molecule has 0 radical (unpaired) electrons. The Morgan fingerprint density at radius 2 is 1.34 bits per heavy atom. The summed E-state index contributed by atoms with van der Waals surface area (Å²) in [6, 6.07) is -0.500.